The van der Waals surface area contributed by atoms with Crippen molar-refractivity contribution in [2.24, 2.45) is 0 Å². The molecule has 1 aromatic rings. The van der Waals surface area contributed by atoms with Crippen LogP contribution in [0.2, 0.25) is 0 Å². The Bertz CT molecular complexity index is 417. The molecule has 5 heteroatoms. The summed E-state index contributed by atoms with van der Waals surface area (Å²) >= 11 is 0. The van der Waals surface area contributed by atoms with Crippen molar-refractivity contribution in [2.75, 3.05) is 18.9 Å². The lowest BCUT2D eigenvalue weighted by Gasteiger charge is -2.15. The van der Waals surface area contributed by atoms with Gasteiger partial charge in [-0.3, -0.25) is 9.63 Å². The molecule has 1 saturated carbocycles. The summed E-state index contributed by atoms with van der Waals surface area (Å²) in [6.07, 6.45) is 5.02. The summed E-state index contributed by atoms with van der Waals surface area (Å²) < 4.78 is 1.99. The van der Waals surface area contributed by atoms with Gasteiger partial charge in [-0.15, -0.1) is 0 Å². The van der Waals surface area contributed by atoms with Gasteiger partial charge in [-0.05, 0) is 25.3 Å². The Labute approximate surface area is 93.7 Å². The molecule has 0 bridgehead atoms. The number of nitrogens with zero attached hydrogens (tertiary/aromatic N) is 2. The van der Waals surface area contributed by atoms with E-state index in [-0.39, 0.29) is 5.91 Å². The lowest BCUT2D eigenvalue weighted by molar-refractivity contribution is -0.0774. The number of carbonyl (C=O) groups is 1. The van der Waals surface area contributed by atoms with E-state index in [0.29, 0.717) is 30.6 Å². The van der Waals surface area contributed by atoms with Crippen molar-refractivity contribution in [3.05, 3.63) is 18.0 Å². The summed E-state index contributed by atoms with van der Waals surface area (Å²) in [5, 5.41) is 1.44. The number of hydroxylamine groups is 2. The minimum Gasteiger partial charge on any atom is -0.397 e. The smallest absolute Gasteiger partial charge is 0.294 e. The number of carbonyl (C=O) groups excluding carboxylic acids is 1. The number of hydrogen-bond acceptors (Lipinski definition) is 3. The van der Waals surface area contributed by atoms with Gasteiger partial charge in [0.25, 0.3) is 5.91 Å². The zero-order valence-corrected chi connectivity index (χ0v) is 9.06. The molecule has 1 saturated heterocycles. The van der Waals surface area contributed by atoms with E-state index < -0.39 is 0 Å². The lowest BCUT2D eigenvalue weighted by Crippen LogP contribution is -2.28. The highest BCUT2D eigenvalue weighted by molar-refractivity contribution is 5.93. The van der Waals surface area contributed by atoms with E-state index >= 15 is 0 Å². The summed E-state index contributed by atoms with van der Waals surface area (Å²) in [5.41, 5.74) is 7.05. The molecule has 3 rings (SSSR count). The van der Waals surface area contributed by atoms with Gasteiger partial charge in [-0.25, -0.2) is 5.06 Å². The van der Waals surface area contributed by atoms with Gasteiger partial charge in [0, 0.05) is 12.2 Å². The third-order valence-electron chi connectivity index (χ3n) is 3.01. The Morgan fingerprint density at radius 1 is 1.50 bits per heavy atom. The highest BCUT2D eigenvalue weighted by Gasteiger charge is 2.30. The monoisotopic (exact) mass is 221 g/mol. The molecule has 1 aliphatic carbocycles. The van der Waals surface area contributed by atoms with Gasteiger partial charge < -0.3 is 10.3 Å². The Hall–Kier alpha value is -1.49. The van der Waals surface area contributed by atoms with E-state index in [2.05, 4.69) is 0 Å². The van der Waals surface area contributed by atoms with Crippen molar-refractivity contribution in [1.29, 1.82) is 0 Å². The summed E-state index contributed by atoms with van der Waals surface area (Å²) in [4.78, 5) is 17.4. The molecular formula is C11H15N3O2. The van der Waals surface area contributed by atoms with Crippen LogP contribution < -0.4 is 5.73 Å². The second kappa shape index (κ2) is 3.52. The molecule has 86 valence electrons. The van der Waals surface area contributed by atoms with Crippen molar-refractivity contribution >= 4 is 11.6 Å². The molecule has 2 heterocycles. The summed E-state index contributed by atoms with van der Waals surface area (Å²) in [5.74, 6) is -0.0684. The molecule has 0 spiro atoms. The second-order valence-electron chi connectivity index (χ2n) is 4.39. The van der Waals surface area contributed by atoms with E-state index in [1.807, 2.05) is 10.8 Å². The number of hydrogen-bond donors (Lipinski definition) is 1. The average Bonchev–Trinajstić information content (AvgIpc) is 2.83. The van der Waals surface area contributed by atoms with Gasteiger partial charge in [0.1, 0.15) is 5.69 Å². The predicted octanol–water partition coefficient (Wildman–Crippen LogP) is 1.18. The molecule has 2 fully saturated rings. The minimum atomic E-state index is -0.0684. The first-order valence-corrected chi connectivity index (χ1v) is 5.68. The maximum Gasteiger partial charge on any atom is 0.294 e. The normalized spacial score (nSPS) is 20.4. The standard InChI is InChI=1S/C11H15N3O2/c12-8-6-10(13(7-8)9-2-3-9)11(15)14-4-1-5-16-14/h6-7,9H,1-5,12H2. The van der Waals surface area contributed by atoms with Gasteiger partial charge in [-0.1, -0.05) is 0 Å². The van der Waals surface area contributed by atoms with E-state index in [1.165, 1.54) is 5.06 Å². The summed E-state index contributed by atoms with van der Waals surface area (Å²) in [6.45, 7) is 1.31. The first kappa shape index (κ1) is 9.72. The van der Waals surface area contributed by atoms with E-state index in [9.17, 15) is 4.79 Å². The van der Waals surface area contributed by atoms with Crippen LogP contribution in [0.25, 0.3) is 0 Å². The fraction of sp³-hybridized carbons (Fsp3) is 0.545. The number of nitrogens with two attached hydrogens (primary N) is 1. The van der Waals surface area contributed by atoms with Gasteiger partial charge in [0.2, 0.25) is 0 Å². The highest BCUT2D eigenvalue weighted by Crippen LogP contribution is 2.37. The first-order chi connectivity index (χ1) is 7.75. The van der Waals surface area contributed by atoms with Crippen molar-refractivity contribution in [3.63, 3.8) is 0 Å². The van der Waals surface area contributed by atoms with E-state index in [1.54, 1.807) is 6.07 Å². The summed E-state index contributed by atoms with van der Waals surface area (Å²) in [6, 6.07) is 2.20. The minimum absolute atomic E-state index is 0.0684. The Balaban J connectivity index is 1.89. The molecule has 2 N–H and O–H groups in total. The van der Waals surface area contributed by atoms with Gasteiger partial charge >= 0.3 is 0 Å². The topological polar surface area (TPSA) is 60.5 Å². The van der Waals surface area contributed by atoms with Gasteiger partial charge in [-0.2, -0.15) is 0 Å². The van der Waals surface area contributed by atoms with Crippen LogP contribution in [-0.4, -0.2) is 28.7 Å². The molecular weight excluding hydrogens is 206 g/mol. The number of amides is 1. The van der Waals surface area contributed by atoms with Crippen LogP contribution in [0, 0.1) is 0 Å². The average molecular weight is 221 g/mol. The van der Waals surface area contributed by atoms with Crippen LogP contribution in [0.4, 0.5) is 5.69 Å². The van der Waals surface area contributed by atoms with Crippen LogP contribution in [-0.2, 0) is 4.84 Å². The molecule has 0 aromatic carbocycles. The molecule has 16 heavy (non-hydrogen) atoms. The largest absolute Gasteiger partial charge is 0.397 e. The number of rotatable bonds is 2. The van der Waals surface area contributed by atoms with Gasteiger partial charge in [0.15, 0.2) is 0 Å². The van der Waals surface area contributed by atoms with Gasteiger partial charge in [0.05, 0.1) is 18.8 Å². The third-order valence-corrected chi connectivity index (χ3v) is 3.01. The third kappa shape index (κ3) is 1.57. The first-order valence-electron chi connectivity index (χ1n) is 5.68. The number of aromatic nitrogens is 1. The fourth-order valence-electron chi connectivity index (χ4n) is 2.06. The SMILES string of the molecule is Nc1cc(C(=O)N2CCCO2)n(C2CC2)c1. The van der Waals surface area contributed by atoms with Crippen LogP contribution in [0.15, 0.2) is 12.3 Å². The van der Waals surface area contributed by atoms with Crippen molar-refractivity contribution in [3.8, 4) is 0 Å². The quantitative estimate of drug-likeness (QED) is 0.815. The fourth-order valence-corrected chi connectivity index (χ4v) is 2.06. The highest BCUT2D eigenvalue weighted by atomic mass is 16.7. The zero-order valence-electron chi connectivity index (χ0n) is 9.06. The molecule has 0 atom stereocenters. The maximum absolute atomic E-state index is 12.1. The number of nitrogen functional groups attached to an aromatic ring is 1. The lowest BCUT2D eigenvalue weighted by atomic mass is 10.3. The van der Waals surface area contributed by atoms with Crippen LogP contribution in [0.1, 0.15) is 35.8 Å². The Morgan fingerprint density at radius 3 is 2.94 bits per heavy atom. The molecule has 0 unspecified atom stereocenters. The van der Waals surface area contributed by atoms with Crippen molar-refractivity contribution < 1.29 is 9.63 Å². The molecule has 1 aliphatic heterocycles. The van der Waals surface area contributed by atoms with E-state index in [0.717, 1.165) is 19.3 Å². The molecule has 1 aromatic heterocycles. The maximum atomic E-state index is 12.1. The Kier molecular flexibility index (Phi) is 2.14. The second-order valence-corrected chi connectivity index (χ2v) is 4.39. The van der Waals surface area contributed by atoms with Crippen molar-refractivity contribution in [2.45, 2.75) is 25.3 Å². The van der Waals surface area contributed by atoms with Crippen molar-refractivity contribution in [1.82, 2.24) is 9.63 Å². The molecule has 1 amide bonds. The van der Waals surface area contributed by atoms with Crippen LogP contribution >= 0.6 is 0 Å². The predicted molar refractivity (Wildman–Crippen MR) is 58.7 cm³/mol. The Morgan fingerprint density at radius 2 is 2.31 bits per heavy atom. The molecule has 2 aliphatic rings. The van der Waals surface area contributed by atoms with E-state index in [4.69, 9.17) is 10.6 Å². The molecule has 0 radical (unpaired) electrons. The van der Waals surface area contributed by atoms with Crippen LogP contribution in [0.3, 0.4) is 0 Å². The van der Waals surface area contributed by atoms with Crippen LogP contribution in [0.5, 0.6) is 0 Å². The zero-order chi connectivity index (χ0) is 11.1. The molecule has 5 nitrogen and oxygen atoms in total. The number of anilines is 1. The summed E-state index contributed by atoms with van der Waals surface area (Å²) in [7, 11) is 0.